The van der Waals surface area contributed by atoms with Crippen molar-refractivity contribution in [2.24, 2.45) is 5.73 Å². The number of nitro benzene ring substituents is 1. The summed E-state index contributed by atoms with van der Waals surface area (Å²) in [6.07, 6.45) is 0. The van der Waals surface area contributed by atoms with Crippen LogP contribution in [0.3, 0.4) is 0 Å². The highest BCUT2D eigenvalue weighted by Gasteiger charge is 2.15. The first kappa shape index (κ1) is 13.7. The van der Waals surface area contributed by atoms with Crippen molar-refractivity contribution in [1.82, 2.24) is 0 Å². The van der Waals surface area contributed by atoms with Crippen LogP contribution in [-0.4, -0.2) is 11.6 Å². The van der Waals surface area contributed by atoms with Gasteiger partial charge in [0.1, 0.15) is 12.5 Å². The van der Waals surface area contributed by atoms with Crippen LogP contribution in [-0.2, 0) is 0 Å². The second-order valence-electron chi connectivity index (χ2n) is 2.72. The van der Waals surface area contributed by atoms with Gasteiger partial charge in [-0.3, -0.25) is 10.1 Å². The van der Waals surface area contributed by atoms with Gasteiger partial charge in [-0.2, -0.15) is 0 Å². The average Bonchev–Trinajstić information content (AvgIpc) is 2.17. The number of hydrogen-bond donors (Lipinski definition) is 1. The predicted octanol–water partition coefficient (Wildman–Crippen LogP) is 2.12. The minimum atomic E-state index is -1.16. The van der Waals surface area contributed by atoms with Gasteiger partial charge in [-0.05, 0) is 6.07 Å². The quantitative estimate of drug-likeness (QED) is 0.648. The lowest BCUT2D eigenvalue weighted by Crippen LogP contribution is -2.14. The fourth-order valence-electron chi connectivity index (χ4n) is 1.01. The Labute approximate surface area is 90.6 Å². The predicted molar refractivity (Wildman–Crippen MR) is 53.2 cm³/mol. The van der Waals surface area contributed by atoms with Gasteiger partial charge >= 0.3 is 0 Å². The molecule has 0 fully saturated rings. The third-order valence-electron chi connectivity index (χ3n) is 1.76. The summed E-state index contributed by atoms with van der Waals surface area (Å²) in [6.45, 7) is -0.960. The van der Waals surface area contributed by atoms with Crippen molar-refractivity contribution < 1.29 is 13.7 Å². The highest BCUT2D eigenvalue weighted by molar-refractivity contribution is 5.85. The van der Waals surface area contributed by atoms with E-state index in [2.05, 4.69) is 0 Å². The van der Waals surface area contributed by atoms with Gasteiger partial charge in [0.15, 0.2) is 0 Å². The summed E-state index contributed by atoms with van der Waals surface area (Å²) in [4.78, 5) is 9.64. The number of nitrogens with zero attached hydrogens (tertiary/aromatic N) is 1. The standard InChI is InChI=1S/C8H8F2N2O2.ClH/c9-4-8(11)6-3-5(12(13)14)1-2-7(6)10;/h1-3,8H,4,11H2;1H/t8-;/m0./s1. The van der Waals surface area contributed by atoms with Crippen LogP contribution >= 0.6 is 12.4 Å². The molecular weight excluding hydrogens is 230 g/mol. The van der Waals surface area contributed by atoms with Gasteiger partial charge in [0.25, 0.3) is 5.69 Å². The van der Waals surface area contributed by atoms with Gasteiger partial charge in [0.05, 0.1) is 11.0 Å². The molecule has 0 aliphatic rings. The zero-order valence-corrected chi connectivity index (χ0v) is 8.34. The monoisotopic (exact) mass is 238 g/mol. The molecule has 0 bridgehead atoms. The maximum absolute atomic E-state index is 13.0. The number of benzene rings is 1. The first-order valence-corrected chi connectivity index (χ1v) is 3.81. The van der Waals surface area contributed by atoms with E-state index in [4.69, 9.17) is 5.73 Å². The first-order valence-electron chi connectivity index (χ1n) is 3.81. The summed E-state index contributed by atoms with van der Waals surface area (Å²) in [5, 5.41) is 10.3. The van der Waals surface area contributed by atoms with Crippen molar-refractivity contribution in [3.63, 3.8) is 0 Å². The lowest BCUT2D eigenvalue weighted by atomic mass is 10.1. The molecule has 2 N–H and O–H groups in total. The third kappa shape index (κ3) is 3.10. The molecule has 0 saturated heterocycles. The second-order valence-corrected chi connectivity index (χ2v) is 2.72. The number of hydrogen-bond acceptors (Lipinski definition) is 3. The minimum Gasteiger partial charge on any atom is -0.322 e. The van der Waals surface area contributed by atoms with Crippen LogP contribution in [0.2, 0.25) is 0 Å². The first-order chi connectivity index (χ1) is 6.56. The van der Waals surface area contributed by atoms with Crippen molar-refractivity contribution in [2.75, 3.05) is 6.67 Å². The number of rotatable bonds is 3. The molecule has 0 radical (unpaired) electrons. The maximum atomic E-state index is 13.0. The molecule has 1 aromatic carbocycles. The number of halogens is 3. The Morgan fingerprint density at radius 3 is 2.60 bits per heavy atom. The topological polar surface area (TPSA) is 69.2 Å². The molecule has 15 heavy (non-hydrogen) atoms. The Kier molecular flexibility index (Phi) is 5.10. The Bertz CT molecular complexity index is 362. The Hall–Kier alpha value is -1.27. The Morgan fingerprint density at radius 2 is 2.13 bits per heavy atom. The normalized spacial score (nSPS) is 11.7. The van der Waals surface area contributed by atoms with E-state index in [1.54, 1.807) is 0 Å². The van der Waals surface area contributed by atoms with Crippen LogP contribution in [0.25, 0.3) is 0 Å². The molecule has 1 rings (SSSR count). The van der Waals surface area contributed by atoms with Gasteiger partial charge in [-0.25, -0.2) is 8.78 Å². The summed E-state index contributed by atoms with van der Waals surface area (Å²) in [6, 6.07) is 1.70. The van der Waals surface area contributed by atoms with E-state index in [1.165, 1.54) is 0 Å². The minimum absolute atomic E-state index is 0. The van der Waals surface area contributed by atoms with Crippen LogP contribution in [0, 0.1) is 15.9 Å². The largest absolute Gasteiger partial charge is 0.322 e. The van der Waals surface area contributed by atoms with Crippen molar-refractivity contribution in [2.45, 2.75) is 6.04 Å². The molecule has 84 valence electrons. The summed E-state index contributed by atoms with van der Waals surface area (Å²) in [5.74, 6) is -0.735. The van der Waals surface area contributed by atoms with E-state index in [0.717, 1.165) is 18.2 Å². The molecule has 0 aliphatic carbocycles. The van der Waals surface area contributed by atoms with Crippen molar-refractivity contribution in [3.05, 3.63) is 39.7 Å². The molecule has 0 aromatic heterocycles. The van der Waals surface area contributed by atoms with E-state index >= 15 is 0 Å². The molecule has 1 aromatic rings. The molecule has 0 heterocycles. The molecule has 0 aliphatic heterocycles. The molecule has 0 spiro atoms. The van der Waals surface area contributed by atoms with Crippen LogP contribution < -0.4 is 5.73 Å². The number of alkyl halides is 1. The summed E-state index contributed by atoms with van der Waals surface area (Å²) in [7, 11) is 0. The smallest absolute Gasteiger partial charge is 0.269 e. The van der Waals surface area contributed by atoms with E-state index in [1.807, 2.05) is 0 Å². The highest BCUT2D eigenvalue weighted by Crippen LogP contribution is 2.21. The van der Waals surface area contributed by atoms with Crippen LogP contribution in [0.5, 0.6) is 0 Å². The summed E-state index contributed by atoms with van der Waals surface area (Å²) >= 11 is 0. The molecular formula is C8H9ClF2N2O2. The molecule has 0 amide bonds. The van der Waals surface area contributed by atoms with Gasteiger partial charge in [-0.1, -0.05) is 0 Å². The SMILES string of the molecule is Cl.N[C@@H](CF)c1cc([N+](=O)[O-])ccc1F. The molecule has 0 saturated carbocycles. The number of non-ortho nitro benzene ring substituents is 1. The molecule has 4 nitrogen and oxygen atoms in total. The molecule has 7 heteroatoms. The van der Waals surface area contributed by atoms with Crippen molar-refractivity contribution >= 4 is 18.1 Å². The van der Waals surface area contributed by atoms with Gasteiger partial charge in [0.2, 0.25) is 0 Å². The van der Waals surface area contributed by atoms with Crippen LogP contribution in [0.4, 0.5) is 14.5 Å². The average molecular weight is 239 g/mol. The fourth-order valence-corrected chi connectivity index (χ4v) is 1.01. The lowest BCUT2D eigenvalue weighted by Gasteiger charge is -2.07. The zero-order chi connectivity index (χ0) is 10.7. The van der Waals surface area contributed by atoms with Crippen LogP contribution in [0.1, 0.15) is 11.6 Å². The van der Waals surface area contributed by atoms with E-state index in [0.29, 0.717) is 0 Å². The van der Waals surface area contributed by atoms with Crippen molar-refractivity contribution in [1.29, 1.82) is 0 Å². The van der Waals surface area contributed by atoms with E-state index in [-0.39, 0.29) is 23.7 Å². The van der Waals surface area contributed by atoms with Crippen molar-refractivity contribution in [3.8, 4) is 0 Å². The van der Waals surface area contributed by atoms with Crippen LogP contribution in [0.15, 0.2) is 18.2 Å². The van der Waals surface area contributed by atoms with Gasteiger partial charge in [-0.15, -0.1) is 12.4 Å². The summed E-state index contributed by atoms with van der Waals surface area (Å²) in [5.41, 5.74) is 4.75. The Balaban J connectivity index is 0.00000196. The number of nitro groups is 1. The lowest BCUT2D eigenvalue weighted by molar-refractivity contribution is -0.385. The third-order valence-corrected chi connectivity index (χ3v) is 1.76. The van der Waals surface area contributed by atoms with Gasteiger partial charge in [0, 0.05) is 17.7 Å². The van der Waals surface area contributed by atoms with E-state index < -0.39 is 23.5 Å². The molecule has 1 atom stereocenters. The summed E-state index contributed by atoms with van der Waals surface area (Å²) < 4.78 is 25.1. The van der Waals surface area contributed by atoms with E-state index in [9.17, 15) is 18.9 Å². The molecule has 0 unspecified atom stereocenters. The highest BCUT2D eigenvalue weighted by atomic mass is 35.5. The second kappa shape index (κ2) is 5.57. The zero-order valence-electron chi connectivity index (χ0n) is 7.52. The maximum Gasteiger partial charge on any atom is 0.269 e. The Morgan fingerprint density at radius 1 is 1.53 bits per heavy atom. The van der Waals surface area contributed by atoms with Gasteiger partial charge < -0.3 is 5.73 Å². The number of nitrogens with two attached hydrogens (primary N) is 1. The fraction of sp³-hybridized carbons (Fsp3) is 0.250.